The summed E-state index contributed by atoms with van der Waals surface area (Å²) in [4.78, 5) is 0. The van der Waals surface area contributed by atoms with Crippen molar-refractivity contribution >= 4 is 23.2 Å². The highest BCUT2D eigenvalue weighted by Crippen LogP contribution is 2.37. The molecule has 5 heteroatoms. The smallest absolute Gasteiger partial charge is 0.248 e. The van der Waals surface area contributed by atoms with Crippen molar-refractivity contribution in [2.24, 2.45) is 11.7 Å². The zero-order valence-corrected chi connectivity index (χ0v) is 12.0. The zero-order valence-electron chi connectivity index (χ0n) is 10.5. The van der Waals surface area contributed by atoms with Gasteiger partial charge in [-0.25, -0.2) is 8.78 Å². The van der Waals surface area contributed by atoms with Crippen molar-refractivity contribution in [3.05, 3.63) is 33.8 Å². The molecule has 0 heterocycles. The molecule has 2 N–H and O–H groups in total. The van der Waals surface area contributed by atoms with Gasteiger partial charge in [0.25, 0.3) is 0 Å². The lowest BCUT2D eigenvalue weighted by Crippen LogP contribution is -2.37. The van der Waals surface area contributed by atoms with Crippen molar-refractivity contribution in [1.29, 1.82) is 0 Å². The predicted octanol–water partition coefficient (Wildman–Crippen LogP) is 4.69. The number of hydrogen-bond donors (Lipinski definition) is 1. The van der Waals surface area contributed by atoms with Gasteiger partial charge >= 0.3 is 0 Å². The summed E-state index contributed by atoms with van der Waals surface area (Å²) in [5, 5.41) is 1.01. The minimum atomic E-state index is -2.50. The number of hydrogen-bond acceptors (Lipinski definition) is 1. The van der Waals surface area contributed by atoms with E-state index in [0.29, 0.717) is 29.3 Å². The van der Waals surface area contributed by atoms with E-state index in [4.69, 9.17) is 28.9 Å². The van der Waals surface area contributed by atoms with Crippen LogP contribution >= 0.6 is 23.2 Å². The highest BCUT2D eigenvalue weighted by Gasteiger charge is 2.36. The molecule has 1 unspecified atom stereocenters. The Morgan fingerprint density at radius 1 is 1.21 bits per heavy atom. The Balaban J connectivity index is 1.94. The van der Waals surface area contributed by atoms with Crippen LogP contribution in [-0.2, 0) is 6.42 Å². The van der Waals surface area contributed by atoms with Crippen LogP contribution in [0.1, 0.15) is 31.2 Å². The van der Waals surface area contributed by atoms with Crippen LogP contribution < -0.4 is 5.73 Å². The van der Waals surface area contributed by atoms with E-state index in [9.17, 15) is 8.78 Å². The SMILES string of the molecule is NC(Cc1ccc(Cl)c(Cl)c1)C1CCC(F)(F)CC1. The summed E-state index contributed by atoms with van der Waals surface area (Å²) in [6.07, 6.45) is 1.54. The van der Waals surface area contributed by atoms with Crippen molar-refractivity contribution < 1.29 is 8.78 Å². The molecule has 0 aromatic heterocycles. The van der Waals surface area contributed by atoms with Crippen LogP contribution in [-0.4, -0.2) is 12.0 Å². The maximum atomic E-state index is 13.1. The van der Waals surface area contributed by atoms with Gasteiger partial charge in [0.1, 0.15) is 0 Å². The molecule has 1 aliphatic rings. The van der Waals surface area contributed by atoms with Crippen LogP contribution in [0.25, 0.3) is 0 Å². The average molecular weight is 308 g/mol. The molecule has 0 spiro atoms. The first-order chi connectivity index (χ1) is 8.87. The number of halogens is 4. The Morgan fingerprint density at radius 2 is 1.84 bits per heavy atom. The summed E-state index contributed by atoms with van der Waals surface area (Å²) >= 11 is 11.8. The zero-order chi connectivity index (χ0) is 14.0. The van der Waals surface area contributed by atoms with Gasteiger partial charge in [-0.15, -0.1) is 0 Å². The predicted molar refractivity (Wildman–Crippen MR) is 75.0 cm³/mol. The van der Waals surface area contributed by atoms with Crippen LogP contribution in [0.3, 0.4) is 0 Å². The van der Waals surface area contributed by atoms with E-state index < -0.39 is 5.92 Å². The largest absolute Gasteiger partial charge is 0.327 e. The summed E-state index contributed by atoms with van der Waals surface area (Å²) in [6.45, 7) is 0. The fourth-order valence-electron chi connectivity index (χ4n) is 2.60. The Morgan fingerprint density at radius 3 is 2.42 bits per heavy atom. The number of nitrogens with two attached hydrogens (primary N) is 1. The Bertz CT molecular complexity index is 441. The average Bonchev–Trinajstić information content (AvgIpc) is 2.33. The number of benzene rings is 1. The van der Waals surface area contributed by atoms with E-state index in [0.717, 1.165) is 5.56 Å². The molecular weight excluding hydrogens is 291 g/mol. The number of alkyl halides is 2. The van der Waals surface area contributed by atoms with Gasteiger partial charge in [0.2, 0.25) is 5.92 Å². The summed E-state index contributed by atoms with van der Waals surface area (Å²) in [5.41, 5.74) is 7.14. The Labute approximate surface area is 122 Å². The highest BCUT2D eigenvalue weighted by molar-refractivity contribution is 6.42. The molecule has 1 nitrogen and oxygen atoms in total. The molecule has 1 aromatic rings. The molecule has 1 atom stereocenters. The molecular formula is C14H17Cl2F2N. The second-order valence-electron chi connectivity index (χ2n) is 5.31. The molecule has 0 saturated heterocycles. The molecule has 0 aliphatic heterocycles. The normalized spacial score (nSPS) is 21.3. The summed E-state index contributed by atoms with van der Waals surface area (Å²) < 4.78 is 26.2. The Hall–Kier alpha value is -0.380. The lowest BCUT2D eigenvalue weighted by Gasteiger charge is -2.32. The van der Waals surface area contributed by atoms with Gasteiger partial charge in [0.05, 0.1) is 10.0 Å². The molecule has 106 valence electrons. The van der Waals surface area contributed by atoms with Crippen molar-refractivity contribution in [3.8, 4) is 0 Å². The third-order valence-electron chi connectivity index (χ3n) is 3.82. The van der Waals surface area contributed by atoms with Gasteiger partial charge in [0.15, 0.2) is 0 Å². The summed E-state index contributed by atoms with van der Waals surface area (Å²) in [6, 6.07) is 5.31. The van der Waals surface area contributed by atoms with Crippen molar-refractivity contribution in [1.82, 2.24) is 0 Å². The van der Waals surface area contributed by atoms with Gasteiger partial charge in [-0.05, 0) is 42.9 Å². The van der Waals surface area contributed by atoms with Crippen LogP contribution in [0.2, 0.25) is 10.0 Å². The molecule has 1 saturated carbocycles. The van der Waals surface area contributed by atoms with Gasteiger partial charge in [-0.1, -0.05) is 29.3 Å². The molecule has 1 fully saturated rings. The summed E-state index contributed by atoms with van der Waals surface area (Å²) in [7, 11) is 0. The van der Waals surface area contributed by atoms with Crippen LogP contribution in [0.15, 0.2) is 18.2 Å². The molecule has 19 heavy (non-hydrogen) atoms. The minimum absolute atomic E-state index is 0.0489. The maximum Gasteiger partial charge on any atom is 0.248 e. The van der Waals surface area contributed by atoms with E-state index in [2.05, 4.69) is 0 Å². The van der Waals surface area contributed by atoms with E-state index in [1.165, 1.54) is 0 Å². The first-order valence-electron chi connectivity index (χ1n) is 6.45. The van der Waals surface area contributed by atoms with Gasteiger partial charge in [0, 0.05) is 18.9 Å². The van der Waals surface area contributed by atoms with Crippen LogP contribution in [0.5, 0.6) is 0 Å². The monoisotopic (exact) mass is 307 g/mol. The van der Waals surface area contributed by atoms with E-state index in [1.54, 1.807) is 12.1 Å². The van der Waals surface area contributed by atoms with Crippen LogP contribution in [0.4, 0.5) is 8.78 Å². The van der Waals surface area contributed by atoms with Crippen molar-refractivity contribution in [3.63, 3.8) is 0 Å². The van der Waals surface area contributed by atoms with E-state index in [1.807, 2.05) is 6.07 Å². The van der Waals surface area contributed by atoms with Gasteiger partial charge in [-0.2, -0.15) is 0 Å². The summed E-state index contributed by atoms with van der Waals surface area (Å²) in [5.74, 6) is -2.34. The fourth-order valence-corrected chi connectivity index (χ4v) is 2.92. The molecule has 1 aliphatic carbocycles. The number of rotatable bonds is 3. The Kier molecular flexibility index (Phi) is 4.70. The molecule has 0 bridgehead atoms. The van der Waals surface area contributed by atoms with E-state index >= 15 is 0 Å². The first kappa shape index (κ1) is 15.0. The topological polar surface area (TPSA) is 26.0 Å². The molecule has 2 rings (SSSR count). The second kappa shape index (κ2) is 5.94. The molecule has 1 aromatic carbocycles. The first-order valence-corrected chi connectivity index (χ1v) is 7.20. The fraction of sp³-hybridized carbons (Fsp3) is 0.571. The van der Waals surface area contributed by atoms with Crippen LogP contribution in [0, 0.1) is 5.92 Å². The molecule has 0 radical (unpaired) electrons. The minimum Gasteiger partial charge on any atom is -0.327 e. The third kappa shape index (κ3) is 4.04. The second-order valence-corrected chi connectivity index (χ2v) is 6.12. The van der Waals surface area contributed by atoms with Crippen molar-refractivity contribution in [2.75, 3.05) is 0 Å². The quantitative estimate of drug-likeness (QED) is 0.861. The van der Waals surface area contributed by atoms with Gasteiger partial charge in [-0.3, -0.25) is 0 Å². The lowest BCUT2D eigenvalue weighted by atomic mass is 9.80. The standard InChI is InChI=1S/C14H17Cl2F2N/c15-11-2-1-9(7-12(11)16)8-13(19)10-3-5-14(17,18)6-4-10/h1-2,7,10,13H,3-6,8,19H2. The van der Waals surface area contributed by atoms with Gasteiger partial charge < -0.3 is 5.73 Å². The van der Waals surface area contributed by atoms with E-state index in [-0.39, 0.29) is 24.8 Å². The maximum absolute atomic E-state index is 13.1. The third-order valence-corrected chi connectivity index (χ3v) is 4.56. The van der Waals surface area contributed by atoms with Crippen molar-refractivity contribution in [2.45, 2.75) is 44.1 Å². The lowest BCUT2D eigenvalue weighted by molar-refractivity contribution is -0.0481. The molecule has 0 amide bonds. The highest BCUT2D eigenvalue weighted by atomic mass is 35.5.